The van der Waals surface area contributed by atoms with Gasteiger partial charge in [0.05, 0.1) is 0 Å². The predicted octanol–water partition coefficient (Wildman–Crippen LogP) is 1.75. The predicted molar refractivity (Wildman–Crippen MR) is 49.6 cm³/mol. The van der Waals surface area contributed by atoms with Gasteiger partial charge in [-0.15, -0.1) is 0 Å². The molecule has 0 aliphatic rings. The molecule has 0 amide bonds. The van der Waals surface area contributed by atoms with Crippen LogP contribution in [0.25, 0.3) is 0 Å². The molecule has 0 aromatic carbocycles. The van der Waals surface area contributed by atoms with Crippen molar-refractivity contribution >= 4 is 11.8 Å². The minimum atomic E-state index is -4.50. The lowest BCUT2D eigenvalue weighted by Gasteiger charge is -2.11. The number of aromatic nitrogens is 2. The molecule has 0 saturated heterocycles. The zero-order valence-corrected chi connectivity index (χ0v) is 8.69. The Morgan fingerprint density at radius 3 is 2.60 bits per heavy atom. The normalized spacial score (nSPS) is 11.8. The summed E-state index contributed by atoms with van der Waals surface area (Å²) < 4.78 is 37.5. The van der Waals surface area contributed by atoms with Gasteiger partial charge in [-0.05, 0) is 12.7 Å². The van der Waals surface area contributed by atoms with Crippen molar-refractivity contribution in [3.05, 3.63) is 17.5 Å². The Kier molecular flexibility index (Phi) is 3.92. The first-order chi connectivity index (χ1) is 6.99. The van der Waals surface area contributed by atoms with E-state index in [0.29, 0.717) is 0 Å². The van der Waals surface area contributed by atoms with Crippen LogP contribution in [0.1, 0.15) is 11.3 Å². The number of thioether (sulfide) groups is 1. The van der Waals surface area contributed by atoms with Gasteiger partial charge in [0, 0.05) is 18.4 Å². The maximum absolute atomic E-state index is 12.5. The first-order valence-electron chi connectivity index (χ1n) is 4.07. The second-order valence-electron chi connectivity index (χ2n) is 2.70. The second kappa shape index (κ2) is 4.80. The van der Waals surface area contributed by atoms with Crippen LogP contribution in [0.15, 0.2) is 11.4 Å². The zero-order valence-electron chi connectivity index (χ0n) is 7.88. The monoisotopic (exact) mass is 238 g/mol. The minimum Gasteiger partial charge on any atom is -0.396 e. The Morgan fingerprint density at radius 1 is 1.47 bits per heavy atom. The molecular weight excluding hydrogens is 229 g/mol. The van der Waals surface area contributed by atoms with E-state index in [1.54, 1.807) is 6.26 Å². The van der Waals surface area contributed by atoms with E-state index < -0.39 is 11.9 Å². The van der Waals surface area contributed by atoms with E-state index in [9.17, 15) is 13.2 Å². The van der Waals surface area contributed by atoms with Crippen molar-refractivity contribution in [2.45, 2.75) is 17.8 Å². The van der Waals surface area contributed by atoms with Gasteiger partial charge < -0.3 is 5.11 Å². The summed E-state index contributed by atoms with van der Waals surface area (Å²) >= 11 is 1.04. The van der Waals surface area contributed by atoms with Crippen molar-refractivity contribution in [2.24, 2.45) is 0 Å². The number of nitrogens with zero attached hydrogens (tertiary/aromatic N) is 2. The Balaban J connectivity index is 3.16. The average molecular weight is 238 g/mol. The topological polar surface area (TPSA) is 46.0 Å². The standard InChI is InChI=1S/C8H9F3N2OS/c1-15-7-12-4-5(2-3-14)6(13-7)8(9,10)11/h4,14H,2-3H2,1H3. The summed E-state index contributed by atoms with van der Waals surface area (Å²) in [6.45, 7) is -0.356. The SMILES string of the molecule is CSc1ncc(CCO)c(C(F)(F)F)n1. The van der Waals surface area contributed by atoms with Crippen molar-refractivity contribution < 1.29 is 18.3 Å². The van der Waals surface area contributed by atoms with E-state index in [1.807, 2.05) is 0 Å². The van der Waals surface area contributed by atoms with Gasteiger partial charge in [0.25, 0.3) is 0 Å². The van der Waals surface area contributed by atoms with Gasteiger partial charge in [-0.2, -0.15) is 13.2 Å². The summed E-state index contributed by atoms with van der Waals surface area (Å²) in [4.78, 5) is 7.13. The van der Waals surface area contributed by atoms with E-state index in [-0.39, 0.29) is 23.7 Å². The number of rotatable bonds is 3. The third-order valence-corrected chi connectivity index (χ3v) is 2.24. The largest absolute Gasteiger partial charge is 0.433 e. The van der Waals surface area contributed by atoms with E-state index in [2.05, 4.69) is 9.97 Å². The molecule has 0 saturated carbocycles. The summed E-state index contributed by atoms with van der Waals surface area (Å²) in [6.07, 6.45) is -1.89. The number of hydrogen-bond acceptors (Lipinski definition) is 4. The molecule has 0 aliphatic heterocycles. The van der Waals surface area contributed by atoms with Crippen LogP contribution in [0.3, 0.4) is 0 Å². The van der Waals surface area contributed by atoms with E-state index in [0.717, 1.165) is 18.0 Å². The molecule has 3 nitrogen and oxygen atoms in total. The molecule has 0 fully saturated rings. The number of hydrogen-bond donors (Lipinski definition) is 1. The molecule has 1 aromatic heterocycles. The van der Waals surface area contributed by atoms with Crippen molar-refractivity contribution in [3.8, 4) is 0 Å². The molecule has 0 unspecified atom stereocenters. The van der Waals surface area contributed by atoms with E-state index in [1.165, 1.54) is 0 Å². The first kappa shape index (κ1) is 12.3. The van der Waals surface area contributed by atoms with Gasteiger partial charge in [-0.1, -0.05) is 11.8 Å². The van der Waals surface area contributed by atoms with Crippen molar-refractivity contribution in [3.63, 3.8) is 0 Å². The van der Waals surface area contributed by atoms with Crippen LogP contribution in [-0.2, 0) is 12.6 Å². The smallest absolute Gasteiger partial charge is 0.396 e. The molecule has 84 valence electrons. The minimum absolute atomic E-state index is 0.0732. The molecule has 1 aromatic rings. The van der Waals surface area contributed by atoms with E-state index >= 15 is 0 Å². The van der Waals surface area contributed by atoms with Crippen LogP contribution in [0.2, 0.25) is 0 Å². The lowest BCUT2D eigenvalue weighted by molar-refractivity contribution is -0.142. The number of halogens is 3. The Hall–Kier alpha value is -0.820. The second-order valence-corrected chi connectivity index (χ2v) is 3.48. The maximum Gasteiger partial charge on any atom is 0.433 e. The van der Waals surface area contributed by atoms with E-state index in [4.69, 9.17) is 5.11 Å². The van der Waals surface area contributed by atoms with Gasteiger partial charge in [-0.25, -0.2) is 9.97 Å². The van der Waals surface area contributed by atoms with Gasteiger partial charge >= 0.3 is 6.18 Å². The summed E-state index contributed by atoms with van der Waals surface area (Å²) in [5.74, 6) is 0. The molecule has 0 bridgehead atoms. The highest BCUT2D eigenvalue weighted by molar-refractivity contribution is 7.98. The molecule has 0 atom stereocenters. The molecule has 0 spiro atoms. The fraction of sp³-hybridized carbons (Fsp3) is 0.500. The average Bonchev–Trinajstić information content (AvgIpc) is 2.17. The van der Waals surface area contributed by atoms with Crippen LogP contribution < -0.4 is 0 Å². The maximum atomic E-state index is 12.5. The Morgan fingerprint density at radius 2 is 2.13 bits per heavy atom. The van der Waals surface area contributed by atoms with Crippen LogP contribution in [0.4, 0.5) is 13.2 Å². The molecule has 15 heavy (non-hydrogen) atoms. The molecule has 1 heterocycles. The fourth-order valence-corrected chi connectivity index (χ4v) is 1.38. The third kappa shape index (κ3) is 3.07. The highest BCUT2D eigenvalue weighted by Crippen LogP contribution is 2.31. The van der Waals surface area contributed by atoms with Crippen molar-refractivity contribution in [2.75, 3.05) is 12.9 Å². The van der Waals surface area contributed by atoms with Gasteiger partial charge in [-0.3, -0.25) is 0 Å². The van der Waals surface area contributed by atoms with Crippen LogP contribution >= 0.6 is 11.8 Å². The number of aliphatic hydroxyl groups excluding tert-OH is 1. The molecular formula is C8H9F3N2OS. The zero-order chi connectivity index (χ0) is 11.5. The Labute approximate surface area is 88.7 Å². The third-order valence-electron chi connectivity index (χ3n) is 1.67. The number of alkyl halides is 3. The van der Waals surface area contributed by atoms with Gasteiger partial charge in [0.1, 0.15) is 0 Å². The molecule has 1 rings (SSSR count). The van der Waals surface area contributed by atoms with Gasteiger partial charge in [0.15, 0.2) is 10.9 Å². The van der Waals surface area contributed by atoms with Crippen molar-refractivity contribution in [1.82, 2.24) is 9.97 Å². The van der Waals surface area contributed by atoms with Crippen LogP contribution in [0.5, 0.6) is 0 Å². The summed E-state index contributed by atoms with van der Waals surface area (Å²) in [5, 5.41) is 8.68. The summed E-state index contributed by atoms with van der Waals surface area (Å²) in [6, 6.07) is 0. The summed E-state index contributed by atoms with van der Waals surface area (Å²) in [7, 11) is 0. The van der Waals surface area contributed by atoms with Crippen LogP contribution in [0, 0.1) is 0 Å². The fourth-order valence-electron chi connectivity index (χ4n) is 1.04. The summed E-state index contributed by atoms with van der Waals surface area (Å²) in [5.41, 5.74) is -1.04. The molecule has 1 N–H and O–H groups in total. The first-order valence-corrected chi connectivity index (χ1v) is 5.29. The van der Waals surface area contributed by atoms with Gasteiger partial charge in [0.2, 0.25) is 0 Å². The number of aliphatic hydroxyl groups is 1. The van der Waals surface area contributed by atoms with Crippen molar-refractivity contribution in [1.29, 1.82) is 0 Å². The quantitative estimate of drug-likeness (QED) is 0.643. The highest BCUT2D eigenvalue weighted by atomic mass is 32.2. The molecule has 0 radical (unpaired) electrons. The lowest BCUT2D eigenvalue weighted by atomic mass is 10.2. The molecule has 7 heteroatoms. The molecule has 0 aliphatic carbocycles. The van der Waals surface area contributed by atoms with Crippen LogP contribution in [-0.4, -0.2) is 27.9 Å². The highest BCUT2D eigenvalue weighted by Gasteiger charge is 2.35. The Bertz CT molecular complexity index is 343. The lowest BCUT2D eigenvalue weighted by Crippen LogP contribution is -2.14.